The average molecular weight is 402 g/mol. The van der Waals surface area contributed by atoms with E-state index in [1.807, 2.05) is 30.3 Å². The molecule has 0 bridgehead atoms. The molecule has 1 saturated carbocycles. The fourth-order valence-electron chi connectivity index (χ4n) is 3.53. The Morgan fingerprint density at radius 3 is 2.46 bits per heavy atom. The first-order valence-corrected chi connectivity index (χ1v) is 11.3. The maximum Gasteiger partial charge on any atom is 0.258 e. The van der Waals surface area contributed by atoms with Gasteiger partial charge in [-0.15, -0.1) is 0 Å². The molecule has 150 valence electrons. The summed E-state index contributed by atoms with van der Waals surface area (Å²) >= 11 is 0. The van der Waals surface area contributed by atoms with Crippen molar-refractivity contribution in [3.8, 4) is 0 Å². The van der Waals surface area contributed by atoms with E-state index < -0.39 is 10.0 Å². The Morgan fingerprint density at radius 1 is 1.04 bits per heavy atom. The second-order valence-corrected chi connectivity index (χ2v) is 8.99. The Hall–Kier alpha value is -2.25. The molecule has 1 aliphatic carbocycles. The third kappa shape index (κ3) is 6.14. The maximum absolute atomic E-state index is 12.4. The molecule has 0 unspecified atom stereocenters. The molecular formula is C21H27N3O3S. The maximum atomic E-state index is 12.4. The summed E-state index contributed by atoms with van der Waals surface area (Å²) in [6, 6.07) is 12.7. The third-order valence-corrected chi connectivity index (χ3v) is 6.42. The van der Waals surface area contributed by atoms with Crippen molar-refractivity contribution in [3.05, 3.63) is 54.2 Å². The molecule has 0 atom stereocenters. The number of anilines is 1. The fraction of sp³-hybridized carbons (Fsp3) is 0.429. The van der Waals surface area contributed by atoms with Gasteiger partial charge in [0.1, 0.15) is 0 Å². The van der Waals surface area contributed by atoms with E-state index in [0.717, 1.165) is 18.4 Å². The third-order valence-electron chi connectivity index (χ3n) is 5.04. The van der Waals surface area contributed by atoms with Crippen molar-refractivity contribution in [1.29, 1.82) is 0 Å². The molecule has 2 N–H and O–H groups in total. The molecule has 1 aromatic carbocycles. The zero-order valence-corrected chi connectivity index (χ0v) is 16.7. The van der Waals surface area contributed by atoms with Crippen molar-refractivity contribution in [2.75, 3.05) is 11.9 Å². The van der Waals surface area contributed by atoms with Crippen molar-refractivity contribution in [2.24, 2.45) is 5.92 Å². The lowest BCUT2D eigenvalue weighted by atomic mass is 9.87. The number of benzene rings is 1. The number of carbonyl (C=O) groups is 1. The van der Waals surface area contributed by atoms with Gasteiger partial charge in [0.15, 0.2) is 5.03 Å². The van der Waals surface area contributed by atoms with E-state index in [0.29, 0.717) is 31.0 Å². The zero-order valence-electron chi connectivity index (χ0n) is 15.9. The lowest BCUT2D eigenvalue weighted by Crippen LogP contribution is -2.26. The summed E-state index contributed by atoms with van der Waals surface area (Å²) in [4.78, 5) is 16.2. The van der Waals surface area contributed by atoms with Crippen LogP contribution in [-0.4, -0.2) is 25.9 Å². The number of amides is 1. The molecule has 1 aromatic heterocycles. The Kier molecular flexibility index (Phi) is 7.17. The van der Waals surface area contributed by atoms with Crippen molar-refractivity contribution in [2.45, 2.75) is 50.0 Å². The molecule has 7 heteroatoms. The van der Waals surface area contributed by atoms with Crippen LogP contribution in [0.2, 0.25) is 0 Å². The van der Waals surface area contributed by atoms with Crippen molar-refractivity contribution < 1.29 is 13.2 Å². The van der Waals surface area contributed by atoms with Gasteiger partial charge in [0, 0.05) is 13.0 Å². The Bertz CT molecular complexity index is 862. The van der Waals surface area contributed by atoms with E-state index in [9.17, 15) is 13.2 Å². The Balaban J connectivity index is 1.50. The van der Waals surface area contributed by atoms with Gasteiger partial charge in [-0.05, 0) is 42.9 Å². The van der Waals surface area contributed by atoms with Crippen molar-refractivity contribution >= 4 is 21.6 Å². The normalized spacial score (nSPS) is 15.3. The van der Waals surface area contributed by atoms with E-state index in [-0.39, 0.29) is 10.9 Å². The van der Waals surface area contributed by atoms with Crippen molar-refractivity contribution in [1.82, 2.24) is 9.71 Å². The van der Waals surface area contributed by atoms with Gasteiger partial charge in [-0.25, -0.2) is 18.1 Å². The first kappa shape index (κ1) is 20.5. The number of rotatable bonds is 8. The van der Waals surface area contributed by atoms with Gasteiger partial charge in [-0.1, -0.05) is 49.6 Å². The second-order valence-electron chi connectivity index (χ2n) is 7.27. The minimum Gasteiger partial charge on any atom is -0.325 e. The van der Waals surface area contributed by atoms with Crippen LogP contribution in [-0.2, 0) is 21.2 Å². The van der Waals surface area contributed by atoms with Crippen LogP contribution in [0.3, 0.4) is 0 Å². The first-order valence-electron chi connectivity index (χ1n) is 9.82. The minimum atomic E-state index is -3.67. The lowest BCUT2D eigenvalue weighted by molar-refractivity contribution is -0.117. The highest BCUT2D eigenvalue weighted by atomic mass is 32.2. The zero-order chi connectivity index (χ0) is 19.8. The summed E-state index contributed by atoms with van der Waals surface area (Å²) in [7, 11) is -3.67. The van der Waals surface area contributed by atoms with E-state index in [2.05, 4.69) is 15.0 Å². The molecule has 2 aromatic rings. The van der Waals surface area contributed by atoms with E-state index >= 15 is 0 Å². The Morgan fingerprint density at radius 2 is 1.79 bits per heavy atom. The molecule has 1 heterocycles. The summed E-state index contributed by atoms with van der Waals surface area (Å²) in [5.74, 6) is 0.417. The number of pyridine rings is 1. The number of nitrogens with one attached hydrogen (secondary N) is 2. The number of nitrogens with zero attached hydrogens (tertiary/aromatic N) is 1. The molecule has 28 heavy (non-hydrogen) atoms. The van der Waals surface area contributed by atoms with Crippen LogP contribution in [0, 0.1) is 5.92 Å². The standard InChI is InChI=1S/C21H27N3O3S/c25-20(15-18-9-5-2-6-10-18)24-19-11-12-21(22-16-19)28(26,27)23-14-13-17-7-3-1-4-8-17/h1,3-4,7-8,11-12,16,18,23H,2,5-6,9-10,13-15H2,(H,24,25). The largest absolute Gasteiger partial charge is 0.325 e. The summed E-state index contributed by atoms with van der Waals surface area (Å²) in [5.41, 5.74) is 1.58. The van der Waals surface area contributed by atoms with Crippen LogP contribution in [0.25, 0.3) is 0 Å². The topological polar surface area (TPSA) is 88.2 Å². The molecule has 6 nitrogen and oxygen atoms in total. The molecule has 0 radical (unpaired) electrons. The number of sulfonamides is 1. The summed E-state index contributed by atoms with van der Waals surface area (Å²) in [5, 5.41) is 2.77. The van der Waals surface area contributed by atoms with Gasteiger partial charge in [0.05, 0.1) is 11.9 Å². The molecule has 0 saturated heterocycles. The first-order chi connectivity index (χ1) is 13.5. The van der Waals surface area contributed by atoms with Crippen LogP contribution in [0.1, 0.15) is 44.1 Å². The fourth-order valence-corrected chi connectivity index (χ4v) is 4.48. The number of hydrogen-bond acceptors (Lipinski definition) is 4. The monoisotopic (exact) mass is 401 g/mol. The van der Waals surface area contributed by atoms with E-state index in [4.69, 9.17) is 0 Å². The van der Waals surface area contributed by atoms with Gasteiger partial charge < -0.3 is 5.32 Å². The highest BCUT2D eigenvalue weighted by Crippen LogP contribution is 2.26. The molecule has 1 aliphatic rings. The van der Waals surface area contributed by atoms with Gasteiger partial charge in [0.25, 0.3) is 10.0 Å². The number of carbonyl (C=O) groups excluding carboxylic acids is 1. The smallest absolute Gasteiger partial charge is 0.258 e. The summed E-state index contributed by atoms with van der Waals surface area (Å²) in [6.07, 6.45) is 8.39. The quantitative estimate of drug-likeness (QED) is 0.708. The van der Waals surface area contributed by atoms with Crippen molar-refractivity contribution in [3.63, 3.8) is 0 Å². The summed E-state index contributed by atoms with van der Waals surface area (Å²) in [6.45, 7) is 0.300. The Labute approximate surface area is 166 Å². The molecule has 1 amide bonds. The van der Waals surface area contributed by atoms with Crippen LogP contribution in [0.4, 0.5) is 5.69 Å². The van der Waals surface area contributed by atoms with Crippen LogP contribution in [0.15, 0.2) is 53.7 Å². The predicted octanol–water partition coefficient (Wildman–Crippen LogP) is 3.51. The van der Waals surface area contributed by atoms with Crippen LogP contribution in [0.5, 0.6) is 0 Å². The SMILES string of the molecule is O=C(CC1CCCCC1)Nc1ccc(S(=O)(=O)NCCc2ccccc2)nc1. The van der Waals surface area contributed by atoms with E-state index in [1.165, 1.54) is 31.5 Å². The summed E-state index contributed by atoms with van der Waals surface area (Å²) < 4.78 is 27.3. The molecule has 0 aliphatic heterocycles. The second kappa shape index (κ2) is 9.80. The molecular weight excluding hydrogens is 374 g/mol. The number of hydrogen-bond donors (Lipinski definition) is 2. The predicted molar refractivity (Wildman–Crippen MR) is 109 cm³/mol. The molecule has 3 rings (SSSR count). The average Bonchev–Trinajstić information content (AvgIpc) is 2.70. The van der Waals surface area contributed by atoms with Gasteiger partial charge in [-0.2, -0.15) is 0 Å². The van der Waals surface area contributed by atoms with E-state index in [1.54, 1.807) is 6.07 Å². The highest BCUT2D eigenvalue weighted by Gasteiger charge is 2.18. The number of aromatic nitrogens is 1. The molecule has 1 fully saturated rings. The lowest BCUT2D eigenvalue weighted by Gasteiger charge is -2.20. The van der Waals surface area contributed by atoms with Crippen LogP contribution < -0.4 is 10.0 Å². The minimum absolute atomic E-state index is 0.0368. The van der Waals surface area contributed by atoms with Gasteiger partial charge in [-0.3, -0.25) is 4.79 Å². The van der Waals surface area contributed by atoms with Gasteiger partial charge >= 0.3 is 0 Å². The van der Waals surface area contributed by atoms with Crippen LogP contribution >= 0.6 is 0 Å². The van der Waals surface area contributed by atoms with Gasteiger partial charge in [0.2, 0.25) is 5.91 Å². The molecule has 0 spiro atoms. The highest BCUT2D eigenvalue weighted by molar-refractivity contribution is 7.89.